The topological polar surface area (TPSA) is 21.3 Å². The Kier molecular flexibility index (Phi) is 6.72. The summed E-state index contributed by atoms with van der Waals surface area (Å²) in [5.74, 6) is 0.965. The van der Waals surface area contributed by atoms with Crippen LogP contribution in [0.5, 0.6) is 5.75 Å². The molecular weight excluding hydrogens is 290 g/mol. The molecule has 0 aliphatic carbocycles. The van der Waals surface area contributed by atoms with E-state index in [1.807, 2.05) is 6.07 Å². The van der Waals surface area contributed by atoms with Crippen LogP contribution in [0, 0.1) is 0 Å². The first-order chi connectivity index (χ1) is 8.56. The fourth-order valence-corrected chi connectivity index (χ4v) is 2.11. The van der Waals surface area contributed by atoms with Crippen molar-refractivity contribution >= 4 is 15.9 Å². The molecule has 0 fully saturated rings. The van der Waals surface area contributed by atoms with Crippen molar-refractivity contribution in [3.63, 3.8) is 0 Å². The van der Waals surface area contributed by atoms with E-state index in [9.17, 15) is 0 Å². The first-order valence-corrected chi connectivity index (χ1v) is 7.54. The molecule has 18 heavy (non-hydrogen) atoms. The summed E-state index contributed by atoms with van der Waals surface area (Å²) in [5.41, 5.74) is 1.24. The van der Waals surface area contributed by atoms with Crippen LogP contribution in [0.2, 0.25) is 0 Å². The highest BCUT2D eigenvalue weighted by Gasteiger charge is 2.08. The minimum Gasteiger partial charge on any atom is -0.490 e. The molecule has 0 aromatic heterocycles. The zero-order chi connectivity index (χ0) is 13.5. The number of rotatable bonds is 7. The van der Waals surface area contributed by atoms with E-state index < -0.39 is 0 Å². The van der Waals surface area contributed by atoms with E-state index >= 15 is 0 Å². The molecule has 0 radical (unpaired) electrons. The van der Waals surface area contributed by atoms with Gasteiger partial charge in [-0.1, -0.05) is 43.6 Å². The molecule has 1 aromatic carbocycles. The average Bonchev–Trinajstić information content (AvgIpc) is 2.36. The second-order valence-corrected chi connectivity index (χ2v) is 5.70. The van der Waals surface area contributed by atoms with E-state index in [0.29, 0.717) is 12.1 Å². The van der Waals surface area contributed by atoms with Gasteiger partial charge in [0, 0.05) is 17.1 Å². The maximum absolute atomic E-state index is 5.97. The van der Waals surface area contributed by atoms with Crippen molar-refractivity contribution in [2.24, 2.45) is 0 Å². The van der Waals surface area contributed by atoms with Crippen LogP contribution in [0.15, 0.2) is 22.7 Å². The third-order valence-corrected chi connectivity index (χ3v) is 3.70. The SMILES string of the molecule is CCC(CC)Oc1ccc(Br)c(CNC(C)C)c1. The van der Waals surface area contributed by atoms with Gasteiger partial charge in [-0.15, -0.1) is 0 Å². The summed E-state index contributed by atoms with van der Waals surface area (Å²) in [7, 11) is 0. The largest absolute Gasteiger partial charge is 0.490 e. The average molecular weight is 314 g/mol. The van der Waals surface area contributed by atoms with Crippen molar-refractivity contribution in [1.82, 2.24) is 5.32 Å². The van der Waals surface area contributed by atoms with Crippen LogP contribution < -0.4 is 10.1 Å². The standard InChI is InChI=1S/C15H24BrNO/c1-5-13(6-2)18-14-7-8-15(16)12(9-14)10-17-11(3)4/h7-9,11,13,17H,5-6,10H2,1-4H3. The number of ether oxygens (including phenoxy) is 1. The van der Waals surface area contributed by atoms with Gasteiger partial charge >= 0.3 is 0 Å². The Balaban J connectivity index is 2.73. The quantitative estimate of drug-likeness (QED) is 0.799. The predicted octanol–water partition coefficient (Wildman–Crippen LogP) is 4.51. The molecule has 0 unspecified atom stereocenters. The van der Waals surface area contributed by atoms with E-state index in [4.69, 9.17) is 4.74 Å². The monoisotopic (exact) mass is 313 g/mol. The Labute approximate surface area is 119 Å². The number of nitrogens with one attached hydrogen (secondary N) is 1. The molecule has 0 atom stereocenters. The van der Waals surface area contributed by atoms with Crippen LogP contribution in [-0.2, 0) is 6.54 Å². The van der Waals surface area contributed by atoms with Gasteiger partial charge in [-0.05, 0) is 36.6 Å². The van der Waals surface area contributed by atoms with Crippen LogP contribution in [0.1, 0.15) is 46.1 Å². The third kappa shape index (κ3) is 4.99. The lowest BCUT2D eigenvalue weighted by Crippen LogP contribution is -2.22. The minimum atomic E-state index is 0.317. The fraction of sp³-hybridized carbons (Fsp3) is 0.600. The van der Waals surface area contributed by atoms with E-state index in [-0.39, 0.29) is 0 Å². The highest BCUT2D eigenvalue weighted by atomic mass is 79.9. The fourth-order valence-electron chi connectivity index (χ4n) is 1.72. The van der Waals surface area contributed by atoms with Gasteiger partial charge in [-0.25, -0.2) is 0 Å². The molecule has 0 spiro atoms. The summed E-state index contributed by atoms with van der Waals surface area (Å²) >= 11 is 3.59. The third-order valence-electron chi connectivity index (χ3n) is 2.93. The number of hydrogen-bond donors (Lipinski definition) is 1. The van der Waals surface area contributed by atoms with E-state index in [1.54, 1.807) is 0 Å². The van der Waals surface area contributed by atoms with Gasteiger partial charge in [0.25, 0.3) is 0 Å². The normalized spacial score (nSPS) is 11.3. The van der Waals surface area contributed by atoms with Gasteiger partial charge in [0.05, 0.1) is 6.10 Å². The van der Waals surface area contributed by atoms with E-state index in [0.717, 1.165) is 29.6 Å². The highest BCUT2D eigenvalue weighted by Crippen LogP contribution is 2.24. The maximum Gasteiger partial charge on any atom is 0.120 e. The van der Waals surface area contributed by atoms with Crippen LogP contribution in [0.25, 0.3) is 0 Å². The molecule has 1 rings (SSSR count). The lowest BCUT2D eigenvalue weighted by atomic mass is 10.2. The summed E-state index contributed by atoms with van der Waals surface area (Å²) < 4.78 is 7.10. The summed E-state index contributed by atoms with van der Waals surface area (Å²) in [6.07, 6.45) is 2.41. The Hall–Kier alpha value is -0.540. The lowest BCUT2D eigenvalue weighted by Gasteiger charge is -2.17. The Morgan fingerprint density at radius 2 is 1.89 bits per heavy atom. The van der Waals surface area contributed by atoms with Crippen molar-refractivity contribution in [3.8, 4) is 5.75 Å². The molecule has 0 aliphatic heterocycles. The second kappa shape index (κ2) is 7.80. The Morgan fingerprint density at radius 1 is 1.22 bits per heavy atom. The molecule has 102 valence electrons. The van der Waals surface area contributed by atoms with Gasteiger partial charge in [0.2, 0.25) is 0 Å². The maximum atomic E-state index is 5.97. The van der Waals surface area contributed by atoms with Gasteiger partial charge in [0.1, 0.15) is 5.75 Å². The first kappa shape index (κ1) is 15.5. The molecule has 3 heteroatoms. The number of halogens is 1. The summed E-state index contributed by atoms with van der Waals surface area (Å²) in [4.78, 5) is 0. The molecule has 2 nitrogen and oxygen atoms in total. The summed E-state index contributed by atoms with van der Waals surface area (Å²) in [6, 6.07) is 6.70. The van der Waals surface area contributed by atoms with Gasteiger partial charge in [-0.3, -0.25) is 0 Å². The zero-order valence-corrected chi connectivity index (χ0v) is 13.4. The first-order valence-electron chi connectivity index (χ1n) is 6.75. The summed E-state index contributed by atoms with van der Waals surface area (Å²) in [6.45, 7) is 9.48. The Bertz CT molecular complexity index is 362. The van der Waals surface area contributed by atoms with Crippen LogP contribution in [-0.4, -0.2) is 12.1 Å². The summed E-state index contributed by atoms with van der Waals surface area (Å²) in [5, 5.41) is 3.43. The molecule has 1 N–H and O–H groups in total. The van der Waals surface area contributed by atoms with Crippen molar-refractivity contribution in [1.29, 1.82) is 0 Å². The van der Waals surface area contributed by atoms with Crippen LogP contribution in [0.3, 0.4) is 0 Å². The molecular formula is C15H24BrNO. The molecule has 0 amide bonds. The zero-order valence-electron chi connectivity index (χ0n) is 11.8. The molecule has 1 aromatic rings. The van der Waals surface area contributed by atoms with Crippen LogP contribution in [0.4, 0.5) is 0 Å². The second-order valence-electron chi connectivity index (χ2n) is 4.85. The number of hydrogen-bond acceptors (Lipinski definition) is 2. The van der Waals surface area contributed by atoms with Crippen molar-refractivity contribution in [2.45, 2.75) is 59.2 Å². The molecule has 0 saturated carbocycles. The highest BCUT2D eigenvalue weighted by molar-refractivity contribution is 9.10. The molecule has 0 bridgehead atoms. The van der Waals surface area contributed by atoms with Crippen molar-refractivity contribution in [3.05, 3.63) is 28.2 Å². The van der Waals surface area contributed by atoms with Crippen LogP contribution >= 0.6 is 15.9 Å². The lowest BCUT2D eigenvalue weighted by molar-refractivity contribution is 0.192. The molecule has 0 aliphatic rings. The van der Waals surface area contributed by atoms with Gasteiger partial charge < -0.3 is 10.1 Å². The van der Waals surface area contributed by atoms with Gasteiger partial charge in [-0.2, -0.15) is 0 Å². The molecule has 0 saturated heterocycles. The molecule has 0 heterocycles. The predicted molar refractivity (Wildman–Crippen MR) is 81.1 cm³/mol. The Morgan fingerprint density at radius 3 is 2.44 bits per heavy atom. The van der Waals surface area contributed by atoms with E-state index in [1.165, 1.54) is 5.56 Å². The number of benzene rings is 1. The van der Waals surface area contributed by atoms with Crippen molar-refractivity contribution in [2.75, 3.05) is 0 Å². The smallest absolute Gasteiger partial charge is 0.120 e. The van der Waals surface area contributed by atoms with E-state index in [2.05, 4.69) is 61.1 Å². The van der Waals surface area contributed by atoms with Crippen molar-refractivity contribution < 1.29 is 4.74 Å². The minimum absolute atomic E-state index is 0.317. The van der Waals surface area contributed by atoms with Gasteiger partial charge in [0.15, 0.2) is 0 Å².